The number of ether oxygens (including phenoxy) is 1. The summed E-state index contributed by atoms with van der Waals surface area (Å²) in [4.78, 5) is 2.36. The van der Waals surface area contributed by atoms with Crippen molar-refractivity contribution in [2.45, 2.75) is 31.7 Å². The molecule has 3 N–H and O–H groups in total. The molecule has 2 aromatic rings. The summed E-state index contributed by atoms with van der Waals surface area (Å²) in [6.07, 6.45) is 0.688. The topological polar surface area (TPSA) is 77.3 Å². The van der Waals surface area contributed by atoms with Gasteiger partial charge in [0.1, 0.15) is 17.2 Å². The van der Waals surface area contributed by atoms with Gasteiger partial charge in [-0.2, -0.15) is 5.10 Å². The summed E-state index contributed by atoms with van der Waals surface area (Å²) in [6, 6.07) is 11.9. The molecule has 0 spiro atoms. The Hall–Kier alpha value is -2.41. The highest BCUT2D eigenvalue weighted by Crippen LogP contribution is 2.41. The third-order valence-corrected chi connectivity index (χ3v) is 5.37. The highest BCUT2D eigenvalue weighted by atomic mass is 16.5. The van der Waals surface area contributed by atoms with Gasteiger partial charge in [-0.25, -0.2) is 0 Å². The van der Waals surface area contributed by atoms with Gasteiger partial charge in [-0.1, -0.05) is 18.2 Å². The molecule has 1 atom stereocenters. The smallest absolute Gasteiger partial charge is 0.166 e. The quantitative estimate of drug-likeness (QED) is 0.659. The number of aliphatic hydroxyl groups is 2. The summed E-state index contributed by atoms with van der Waals surface area (Å²) in [7, 11) is 0. The molecule has 134 valence electrons. The van der Waals surface area contributed by atoms with E-state index >= 15 is 0 Å². The van der Waals surface area contributed by atoms with E-state index in [9.17, 15) is 10.2 Å². The number of fused-ring (bicyclic) bond motifs is 2. The van der Waals surface area contributed by atoms with E-state index in [-0.39, 0.29) is 6.10 Å². The van der Waals surface area contributed by atoms with Gasteiger partial charge in [0, 0.05) is 30.8 Å². The molecule has 26 heavy (non-hydrogen) atoms. The van der Waals surface area contributed by atoms with E-state index in [4.69, 9.17) is 4.74 Å². The highest BCUT2D eigenvalue weighted by molar-refractivity contribution is 6.18. The van der Waals surface area contributed by atoms with Crippen molar-refractivity contribution in [1.29, 1.82) is 0 Å². The number of hydrogen-bond acceptors (Lipinski definition) is 6. The van der Waals surface area contributed by atoms with Gasteiger partial charge in [0.15, 0.2) is 6.23 Å². The SMILES string of the molecule is OC1CCN(Cc2ccc3c(c2)C2=NNC(O)c4cccc(c42)O3)CC1. The lowest BCUT2D eigenvalue weighted by Crippen LogP contribution is -2.35. The van der Waals surface area contributed by atoms with E-state index in [0.717, 1.165) is 66.4 Å². The Morgan fingerprint density at radius 3 is 2.81 bits per heavy atom. The molecule has 3 aliphatic heterocycles. The predicted molar refractivity (Wildman–Crippen MR) is 97.2 cm³/mol. The number of rotatable bonds is 2. The summed E-state index contributed by atoms with van der Waals surface area (Å²) >= 11 is 0. The fourth-order valence-corrected chi connectivity index (χ4v) is 3.96. The maximum atomic E-state index is 10.2. The first-order chi connectivity index (χ1) is 12.7. The van der Waals surface area contributed by atoms with Crippen molar-refractivity contribution in [3.8, 4) is 11.5 Å². The highest BCUT2D eigenvalue weighted by Gasteiger charge is 2.31. The number of benzene rings is 2. The van der Waals surface area contributed by atoms with Crippen LogP contribution in [0, 0.1) is 0 Å². The first kappa shape index (κ1) is 15.8. The van der Waals surface area contributed by atoms with E-state index in [0.29, 0.717) is 0 Å². The van der Waals surface area contributed by atoms with Crippen molar-refractivity contribution < 1.29 is 14.9 Å². The number of nitrogens with zero attached hydrogens (tertiary/aromatic N) is 2. The van der Waals surface area contributed by atoms with Gasteiger partial charge in [-0.05, 0) is 36.6 Å². The van der Waals surface area contributed by atoms with Crippen LogP contribution in [0.2, 0.25) is 0 Å². The lowest BCUT2D eigenvalue weighted by Gasteiger charge is -2.31. The van der Waals surface area contributed by atoms with Gasteiger partial charge in [0.25, 0.3) is 0 Å². The summed E-state index contributed by atoms with van der Waals surface area (Å²) < 4.78 is 6.07. The van der Waals surface area contributed by atoms with E-state index in [1.807, 2.05) is 24.3 Å². The van der Waals surface area contributed by atoms with Crippen LogP contribution in [0.5, 0.6) is 11.5 Å². The molecule has 0 saturated carbocycles. The Balaban J connectivity index is 1.48. The first-order valence-electron chi connectivity index (χ1n) is 9.05. The van der Waals surface area contributed by atoms with Gasteiger partial charge in [0.2, 0.25) is 0 Å². The van der Waals surface area contributed by atoms with Crippen LogP contribution >= 0.6 is 0 Å². The Morgan fingerprint density at radius 1 is 1.12 bits per heavy atom. The number of likely N-dealkylation sites (tertiary alicyclic amines) is 1. The summed E-state index contributed by atoms with van der Waals surface area (Å²) in [5.41, 5.74) is 7.40. The Labute approximate surface area is 151 Å². The van der Waals surface area contributed by atoms with Crippen LogP contribution in [0.3, 0.4) is 0 Å². The molecule has 1 fully saturated rings. The molecule has 0 amide bonds. The van der Waals surface area contributed by atoms with E-state index in [2.05, 4.69) is 27.6 Å². The second-order valence-electron chi connectivity index (χ2n) is 7.15. The van der Waals surface area contributed by atoms with Gasteiger partial charge in [-0.3, -0.25) is 10.3 Å². The minimum absolute atomic E-state index is 0.160. The molecule has 0 aliphatic carbocycles. The van der Waals surface area contributed by atoms with Crippen LogP contribution in [0.4, 0.5) is 0 Å². The zero-order valence-electron chi connectivity index (χ0n) is 14.4. The maximum absolute atomic E-state index is 10.2. The summed E-state index contributed by atoms with van der Waals surface area (Å²) in [5, 5.41) is 24.3. The number of hydrazone groups is 1. The van der Waals surface area contributed by atoms with Crippen LogP contribution in [0.25, 0.3) is 0 Å². The Kier molecular flexibility index (Phi) is 3.70. The fraction of sp³-hybridized carbons (Fsp3) is 0.350. The minimum Gasteiger partial charge on any atom is -0.456 e. The zero-order valence-corrected chi connectivity index (χ0v) is 14.4. The van der Waals surface area contributed by atoms with Gasteiger partial charge in [-0.15, -0.1) is 0 Å². The molecule has 0 bridgehead atoms. The molecule has 1 unspecified atom stereocenters. The molecular weight excluding hydrogens is 330 g/mol. The second-order valence-corrected chi connectivity index (χ2v) is 7.15. The van der Waals surface area contributed by atoms with Gasteiger partial charge >= 0.3 is 0 Å². The average molecular weight is 351 g/mol. The van der Waals surface area contributed by atoms with Crippen molar-refractivity contribution in [1.82, 2.24) is 10.3 Å². The third-order valence-electron chi connectivity index (χ3n) is 5.37. The molecule has 6 heteroatoms. The van der Waals surface area contributed by atoms with Crippen LogP contribution < -0.4 is 10.2 Å². The monoisotopic (exact) mass is 351 g/mol. The molecule has 1 saturated heterocycles. The normalized spacial score (nSPS) is 21.9. The van der Waals surface area contributed by atoms with Crippen molar-refractivity contribution >= 4 is 5.71 Å². The Bertz CT molecular complexity index is 888. The van der Waals surface area contributed by atoms with E-state index in [1.165, 1.54) is 5.56 Å². The van der Waals surface area contributed by atoms with E-state index in [1.54, 1.807) is 0 Å². The molecule has 2 aromatic carbocycles. The number of piperidine rings is 1. The molecular formula is C20H21N3O3. The van der Waals surface area contributed by atoms with Crippen LogP contribution in [0.1, 0.15) is 41.3 Å². The number of hydrogen-bond donors (Lipinski definition) is 3. The van der Waals surface area contributed by atoms with Gasteiger partial charge in [0.05, 0.1) is 11.7 Å². The minimum atomic E-state index is -0.818. The summed E-state index contributed by atoms with van der Waals surface area (Å²) in [5.74, 6) is 1.51. The fourth-order valence-electron chi connectivity index (χ4n) is 3.96. The number of nitrogens with one attached hydrogen (secondary N) is 1. The molecule has 0 aromatic heterocycles. The third kappa shape index (κ3) is 2.58. The molecule has 0 radical (unpaired) electrons. The van der Waals surface area contributed by atoms with E-state index < -0.39 is 6.23 Å². The lowest BCUT2D eigenvalue weighted by molar-refractivity contribution is 0.0792. The summed E-state index contributed by atoms with van der Waals surface area (Å²) in [6.45, 7) is 2.67. The van der Waals surface area contributed by atoms with Crippen LogP contribution in [0.15, 0.2) is 41.5 Å². The largest absolute Gasteiger partial charge is 0.456 e. The Morgan fingerprint density at radius 2 is 1.96 bits per heavy atom. The molecule has 6 nitrogen and oxygen atoms in total. The number of aliphatic hydroxyl groups excluding tert-OH is 2. The standard InChI is InChI=1S/C20H21N3O3/c24-13-6-8-23(9-7-13)11-12-4-5-16-15(10-12)19-18-14(20(25)22-21-19)2-1-3-17(18)26-16/h1-5,10,13,20,22,24-25H,6-9,11H2. The van der Waals surface area contributed by atoms with Crippen molar-refractivity contribution in [3.05, 3.63) is 58.7 Å². The van der Waals surface area contributed by atoms with Crippen molar-refractivity contribution in [2.75, 3.05) is 13.1 Å². The maximum Gasteiger partial charge on any atom is 0.166 e. The average Bonchev–Trinajstić information content (AvgIpc) is 2.66. The molecule has 3 aliphatic rings. The van der Waals surface area contributed by atoms with Gasteiger partial charge < -0.3 is 14.9 Å². The van der Waals surface area contributed by atoms with Crippen molar-refractivity contribution in [3.63, 3.8) is 0 Å². The van der Waals surface area contributed by atoms with Crippen LogP contribution in [-0.4, -0.2) is 40.0 Å². The lowest BCUT2D eigenvalue weighted by atomic mass is 9.91. The molecule has 5 rings (SSSR count). The van der Waals surface area contributed by atoms with Crippen molar-refractivity contribution in [2.24, 2.45) is 5.10 Å². The molecule has 3 heterocycles. The second kappa shape index (κ2) is 6.09. The van der Waals surface area contributed by atoms with Crippen LogP contribution in [-0.2, 0) is 6.54 Å². The zero-order chi connectivity index (χ0) is 17.7. The first-order valence-corrected chi connectivity index (χ1v) is 9.05. The predicted octanol–water partition coefficient (Wildman–Crippen LogP) is 2.10.